The van der Waals surface area contributed by atoms with Gasteiger partial charge in [-0.3, -0.25) is 4.79 Å². The van der Waals surface area contributed by atoms with Crippen molar-refractivity contribution >= 4 is 11.9 Å². The molecule has 0 saturated carbocycles. The van der Waals surface area contributed by atoms with E-state index in [0.717, 1.165) is 0 Å². The van der Waals surface area contributed by atoms with E-state index in [1.54, 1.807) is 18.2 Å². The summed E-state index contributed by atoms with van der Waals surface area (Å²) in [6, 6.07) is 3.91. The number of hydrogen-bond donors (Lipinski definition) is 2. The van der Waals surface area contributed by atoms with Crippen molar-refractivity contribution in [2.75, 3.05) is 7.11 Å². The maximum Gasteiger partial charge on any atom is 0.326 e. The zero-order valence-corrected chi connectivity index (χ0v) is 13.4. The first-order valence-electron chi connectivity index (χ1n) is 7.27. The van der Waals surface area contributed by atoms with Gasteiger partial charge in [0.2, 0.25) is 0 Å². The molecule has 6 heteroatoms. The van der Waals surface area contributed by atoms with E-state index < -0.39 is 17.9 Å². The minimum atomic E-state index is -1.05. The van der Waals surface area contributed by atoms with Crippen molar-refractivity contribution in [1.29, 1.82) is 0 Å². The molecule has 122 valence electrons. The van der Waals surface area contributed by atoms with E-state index >= 15 is 0 Å². The number of ether oxygens (including phenoxy) is 2. The first kappa shape index (κ1) is 17.8. The summed E-state index contributed by atoms with van der Waals surface area (Å²) in [6.45, 7) is 5.55. The number of carboxylic acids is 1. The second-order valence-electron chi connectivity index (χ2n) is 5.18. The molecule has 0 aliphatic heterocycles. The van der Waals surface area contributed by atoms with E-state index in [0.29, 0.717) is 24.3 Å². The Morgan fingerprint density at radius 3 is 2.50 bits per heavy atom. The van der Waals surface area contributed by atoms with Crippen LogP contribution in [0.3, 0.4) is 0 Å². The Kier molecular flexibility index (Phi) is 6.69. The van der Waals surface area contributed by atoms with Crippen LogP contribution in [0.4, 0.5) is 0 Å². The van der Waals surface area contributed by atoms with Crippen LogP contribution in [0.1, 0.15) is 44.0 Å². The molecule has 1 aromatic carbocycles. The van der Waals surface area contributed by atoms with Gasteiger partial charge in [0.1, 0.15) is 17.5 Å². The molecule has 6 nitrogen and oxygen atoms in total. The lowest BCUT2D eigenvalue weighted by molar-refractivity contribution is -0.139. The van der Waals surface area contributed by atoms with Crippen LogP contribution in [0.25, 0.3) is 0 Å². The molecule has 1 aromatic rings. The molecule has 2 N–H and O–H groups in total. The maximum absolute atomic E-state index is 12.3. The second kappa shape index (κ2) is 8.26. The number of amides is 1. The number of carboxylic acid groups (broad SMARTS) is 1. The van der Waals surface area contributed by atoms with E-state index in [2.05, 4.69) is 5.32 Å². The number of aliphatic carboxylic acids is 1. The van der Waals surface area contributed by atoms with Gasteiger partial charge in [-0.25, -0.2) is 4.79 Å². The lowest BCUT2D eigenvalue weighted by Gasteiger charge is -2.17. The van der Waals surface area contributed by atoms with Crippen LogP contribution < -0.4 is 14.8 Å². The zero-order valence-electron chi connectivity index (χ0n) is 13.4. The largest absolute Gasteiger partial charge is 0.497 e. The molecule has 0 saturated heterocycles. The Hall–Kier alpha value is -2.24. The van der Waals surface area contributed by atoms with Gasteiger partial charge in [-0.05, 0) is 32.4 Å². The quantitative estimate of drug-likeness (QED) is 0.770. The second-order valence-corrected chi connectivity index (χ2v) is 5.18. The summed E-state index contributed by atoms with van der Waals surface area (Å²) in [4.78, 5) is 23.5. The first-order chi connectivity index (χ1) is 10.4. The van der Waals surface area contributed by atoms with E-state index in [4.69, 9.17) is 14.6 Å². The fraction of sp³-hybridized carbons (Fsp3) is 0.500. The predicted molar refractivity (Wildman–Crippen MR) is 82.6 cm³/mol. The molecule has 0 spiro atoms. The van der Waals surface area contributed by atoms with Gasteiger partial charge in [0.25, 0.3) is 5.91 Å². The fourth-order valence-corrected chi connectivity index (χ4v) is 1.95. The van der Waals surface area contributed by atoms with Gasteiger partial charge >= 0.3 is 5.97 Å². The van der Waals surface area contributed by atoms with Crippen LogP contribution >= 0.6 is 0 Å². The molecular formula is C16H23NO5. The molecule has 22 heavy (non-hydrogen) atoms. The molecule has 1 unspecified atom stereocenters. The van der Waals surface area contributed by atoms with Gasteiger partial charge in [0, 0.05) is 6.07 Å². The monoisotopic (exact) mass is 309 g/mol. The molecule has 0 aliphatic rings. The average molecular weight is 309 g/mol. The molecule has 1 atom stereocenters. The van der Waals surface area contributed by atoms with E-state index in [1.807, 2.05) is 20.8 Å². The molecule has 0 aliphatic carbocycles. The van der Waals surface area contributed by atoms with Crippen molar-refractivity contribution in [2.24, 2.45) is 0 Å². The van der Waals surface area contributed by atoms with Crippen molar-refractivity contribution in [1.82, 2.24) is 5.32 Å². The van der Waals surface area contributed by atoms with E-state index in [-0.39, 0.29) is 11.7 Å². The zero-order chi connectivity index (χ0) is 16.7. The molecule has 0 heterocycles. The Labute approximate surface area is 130 Å². The number of rotatable bonds is 8. The van der Waals surface area contributed by atoms with Crippen LogP contribution in [0, 0.1) is 0 Å². The third-order valence-electron chi connectivity index (χ3n) is 2.98. The third-order valence-corrected chi connectivity index (χ3v) is 2.98. The highest BCUT2D eigenvalue weighted by molar-refractivity contribution is 5.99. The average Bonchev–Trinajstić information content (AvgIpc) is 2.45. The molecule has 1 rings (SSSR count). The van der Waals surface area contributed by atoms with Crippen molar-refractivity contribution in [3.63, 3.8) is 0 Å². The van der Waals surface area contributed by atoms with Gasteiger partial charge < -0.3 is 19.9 Å². The Bertz CT molecular complexity index is 527. The summed E-state index contributed by atoms with van der Waals surface area (Å²) in [5, 5.41) is 11.7. The SMILES string of the molecule is CCCC(NC(=O)c1ccc(OC)cc1OC(C)C)C(=O)O. The topological polar surface area (TPSA) is 84.9 Å². The highest BCUT2D eigenvalue weighted by atomic mass is 16.5. The predicted octanol–water partition coefficient (Wildman–Crippen LogP) is 2.47. The van der Waals surface area contributed by atoms with Gasteiger partial charge in [-0.2, -0.15) is 0 Å². The lowest BCUT2D eigenvalue weighted by atomic mass is 10.1. The van der Waals surface area contributed by atoms with Gasteiger partial charge in [-0.15, -0.1) is 0 Å². The smallest absolute Gasteiger partial charge is 0.326 e. The van der Waals surface area contributed by atoms with Crippen molar-refractivity contribution in [2.45, 2.75) is 45.8 Å². The minimum Gasteiger partial charge on any atom is -0.497 e. The summed E-state index contributed by atoms with van der Waals surface area (Å²) in [7, 11) is 1.52. The van der Waals surface area contributed by atoms with Crippen molar-refractivity contribution < 1.29 is 24.2 Å². The van der Waals surface area contributed by atoms with Crippen molar-refractivity contribution in [3.05, 3.63) is 23.8 Å². The van der Waals surface area contributed by atoms with Crippen LogP contribution in [-0.2, 0) is 4.79 Å². The molecular weight excluding hydrogens is 286 g/mol. The van der Waals surface area contributed by atoms with Crippen LogP contribution in [0.5, 0.6) is 11.5 Å². The number of hydrogen-bond acceptors (Lipinski definition) is 4. The Morgan fingerprint density at radius 2 is 2.00 bits per heavy atom. The van der Waals surface area contributed by atoms with Crippen LogP contribution in [0.15, 0.2) is 18.2 Å². The van der Waals surface area contributed by atoms with Gasteiger partial charge in [0.15, 0.2) is 0 Å². The molecule has 0 radical (unpaired) electrons. The number of benzene rings is 1. The third kappa shape index (κ3) is 4.95. The van der Waals surface area contributed by atoms with E-state index in [1.165, 1.54) is 7.11 Å². The standard InChI is InChI=1S/C16H23NO5/c1-5-6-13(16(19)20)17-15(18)12-8-7-11(21-4)9-14(12)22-10(2)3/h7-10,13H,5-6H2,1-4H3,(H,17,18)(H,19,20). The normalized spacial score (nSPS) is 11.9. The number of carbonyl (C=O) groups excluding carboxylic acids is 1. The highest BCUT2D eigenvalue weighted by Gasteiger charge is 2.22. The van der Waals surface area contributed by atoms with E-state index in [9.17, 15) is 9.59 Å². The maximum atomic E-state index is 12.3. The van der Waals surface area contributed by atoms with Crippen molar-refractivity contribution in [3.8, 4) is 11.5 Å². The van der Waals surface area contributed by atoms with Crippen LogP contribution in [0.2, 0.25) is 0 Å². The summed E-state index contributed by atoms with van der Waals surface area (Å²) >= 11 is 0. The van der Waals surface area contributed by atoms with Crippen LogP contribution in [-0.4, -0.2) is 36.2 Å². The number of carbonyl (C=O) groups is 2. The Balaban J connectivity index is 3.02. The number of methoxy groups -OCH3 is 1. The minimum absolute atomic E-state index is 0.121. The summed E-state index contributed by atoms with van der Waals surface area (Å²) in [6.07, 6.45) is 0.914. The first-order valence-corrected chi connectivity index (χ1v) is 7.27. The summed E-state index contributed by atoms with van der Waals surface area (Å²) in [5.74, 6) is -0.586. The number of nitrogens with one attached hydrogen (secondary N) is 1. The molecule has 0 fully saturated rings. The molecule has 1 amide bonds. The highest BCUT2D eigenvalue weighted by Crippen LogP contribution is 2.26. The van der Waals surface area contributed by atoms with Gasteiger partial charge in [0.05, 0.1) is 18.8 Å². The lowest BCUT2D eigenvalue weighted by Crippen LogP contribution is -2.40. The molecule has 0 bridgehead atoms. The fourth-order valence-electron chi connectivity index (χ4n) is 1.95. The Morgan fingerprint density at radius 1 is 1.32 bits per heavy atom. The summed E-state index contributed by atoms with van der Waals surface area (Å²) < 4.78 is 10.7. The molecule has 0 aromatic heterocycles. The summed E-state index contributed by atoms with van der Waals surface area (Å²) in [5.41, 5.74) is 0.289. The van der Waals surface area contributed by atoms with Gasteiger partial charge in [-0.1, -0.05) is 13.3 Å².